The maximum Gasteiger partial charge on any atom is 0.191 e. The molecule has 0 spiro atoms. The van der Waals surface area contributed by atoms with E-state index in [9.17, 15) is 4.39 Å². The predicted octanol–water partition coefficient (Wildman–Crippen LogP) is 3.00. The fraction of sp³-hybridized carbons (Fsp3) is 0.650. The number of halogens is 2. The van der Waals surface area contributed by atoms with Crippen molar-refractivity contribution in [1.29, 1.82) is 0 Å². The molecular weight excluding hydrogens is 458 g/mol. The molecule has 1 aromatic rings. The van der Waals surface area contributed by atoms with Crippen molar-refractivity contribution in [2.75, 3.05) is 39.9 Å². The highest BCUT2D eigenvalue weighted by molar-refractivity contribution is 14.0. The Morgan fingerprint density at radius 1 is 1.19 bits per heavy atom. The lowest BCUT2D eigenvalue weighted by Gasteiger charge is -2.33. The number of aliphatic imine (C=N–C) groups is 1. The van der Waals surface area contributed by atoms with Gasteiger partial charge in [0.1, 0.15) is 5.82 Å². The SMILES string of the molecule is CN=C(NCCOCC1CC1)NC1CCN(Cc2ccc(F)cc2)CC1.I. The lowest BCUT2D eigenvalue weighted by molar-refractivity contribution is 0.129. The molecule has 0 radical (unpaired) electrons. The van der Waals surface area contributed by atoms with Crippen LogP contribution in [0.15, 0.2) is 29.3 Å². The first kappa shape index (κ1) is 22.4. The van der Waals surface area contributed by atoms with Gasteiger partial charge in [-0.3, -0.25) is 9.89 Å². The molecule has 1 saturated heterocycles. The average Bonchev–Trinajstić information content (AvgIpc) is 3.48. The van der Waals surface area contributed by atoms with Gasteiger partial charge >= 0.3 is 0 Å². The number of rotatable bonds is 8. The van der Waals surface area contributed by atoms with Gasteiger partial charge in [0, 0.05) is 45.9 Å². The summed E-state index contributed by atoms with van der Waals surface area (Å²) in [6, 6.07) is 7.26. The highest BCUT2D eigenvalue weighted by Gasteiger charge is 2.21. The van der Waals surface area contributed by atoms with E-state index in [1.165, 1.54) is 30.5 Å². The molecule has 1 aliphatic carbocycles. The molecule has 0 aromatic heterocycles. The van der Waals surface area contributed by atoms with E-state index in [4.69, 9.17) is 4.74 Å². The van der Waals surface area contributed by atoms with Crippen LogP contribution in [0.3, 0.4) is 0 Å². The van der Waals surface area contributed by atoms with E-state index in [0.717, 1.165) is 64.1 Å². The van der Waals surface area contributed by atoms with Gasteiger partial charge < -0.3 is 15.4 Å². The molecule has 2 fully saturated rings. The number of ether oxygens (including phenoxy) is 1. The Labute approximate surface area is 179 Å². The van der Waals surface area contributed by atoms with E-state index in [2.05, 4.69) is 20.5 Å². The minimum absolute atomic E-state index is 0. The fourth-order valence-corrected chi connectivity index (χ4v) is 3.25. The smallest absolute Gasteiger partial charge is 0.191 e. The van der Waals surface area contributed by atoms with E-state index >= 15 is 0 Å². The number of hydrogen-bond donors (Lipinski definition) is 2. The predicted molar refractivity (Wildman–Crippen MR) is 118 cm³/mol. The minimum Gasteiger partial charge on any atom is -0.379 e. The topological polar surface area (TPSA) is 48.9 Å². The summed E-state index contributed by atoms with van der Waals surface area (Å²) in [6.45, 7) is 5.38. The van der Waals surface area contributed by atoms with Crippen molar-refractivity contribution in [2.24, 2.45) is 10.9 Å². The number of guanidine groups is 1. The monoisotopic (exact) mass is 490 g/mol. The first-order valence-electron chi connectivity index (χ1n) is 9.74. The highest BCUT2D eigenvalue weighted by atomic mass is 127. The molecule has 2 aliphatic rings. The van der Waals surface area contributed by atoms with E-state index < -0.39 is 0 Å². The quantitative estimate of drug-likeness (QED) is 0.255. The highest BCUT2D eigenvalue weighted by Crippen LogP contribution is 2.28. The van der Waals surface area contributed by atoms with Crippen LogP contribution >= 0.6 is 24.0 Å². The average molecular weight is 490 g/mol. The Morgan fingerprint density at radius 2 is 1.89 bits per heavy atom. The number of benzene rings is 1. The number of piperidine rings is 1. The van der Waals surface area contributed by atoms with Crippen molar-refractivity contribution < 1.29 is 9.13 Å². The first-order valence-corrected chi connectivity index (χ1v) is 9.74. The summed E-state index contributed by atoms with van der Waals surface area (Å²) >= 11 is 0. The summed E-state index contributed by atoms with van der Waals surface area (Å²) in [7, 11) is 1.81. The molecule has 5 nitrogen and oxygen atoms in total. The van der Waals surface area contributed by atoms with Crippen LogP contribution in [-0.4, -0.2) is 56.8 Å². The van der Waals surface area contributed by atoms with Gasteiger partial charge in [-0.05, 0) is 49.3 Å². The van der Waals surface area contributed by atoms with Crippen LogP contribution < -0.4 is 10.6 Å². The van der Waals surface area contributed by atoms with Crippen LogP contribution in [0, 0.1) is 11.7 Å². The van der Waals surface area contributed by atoms with Crippen LogP contribution in [0.1, 0.15) is 31.2 Å². The lowest BCUT2D eigenvalue weighted by atomic mass is 10.0. The molecule has 1 aliphatic heterocycles. The summed E-state index contributed by atoms with van der Waals surface area (Å²) in [6.07, 6.45) is 4.83. The van der Waals surface area contributed by atoms with Crippen molar-refractivity contribution in [2.45, 2.75) is 38.3 Å². The summed E-state index contributed by atoms with van der Waals surface area (Å²) in [4.78, 5) is 6.74. The van der Waals surface area contributed by atoms with Gasteiger partial charge in [0.2, 0.25) is 0 Å². The Morgan fingerprint density at radius 3 is 2.52 bits per heavy atom. The molecule has 2 N–H and O–H groups in total. The molecule has 1 heterocycles. The van der Waals surface area contributed by atoms with Crippen LogP contribution in [0.5, 0.6) is 0 Å². The molecule has 0 amide bonds. The molecule has 0 unspecified atom stereocenters. The van der Waals surface area contributed by atoms with Gasteiger partial charge in [-0.1, -0.05) is 12.1 Å². The van der Waals surface area contributed by atoms with Crippen LogP contribution in [-0.2, 0) is 11.3 Å². The van der Waals surface area contributed by atoms with Crippen LogP contribution in [0.4, 0.5) is 4.39 Å². The summed E-state index contributed by atoms with van der Waals surface area (Å²) < 4.78 is 18.6. The van der Waals surface area contributed by atoms with E-state index in [-0.39, 0.29) is 29.8 Å². The van der Waals surface area contributed by atoms with Crippen molar-refractivity contribution in [3.8, 4) is 0 Å². The maximum absolute atomic E-state index is 13.0. The standard InChI is InChI=1S/C20H31FN4O.HI/c1-22-20(23-10-13-26-15-17-2-3-17)24-19-8-11-25(12-9-19)14-16-4-6-18(21)7-5-16;/h4-7,17,19H,2-3,8-15H2,1H3,(H2,22,23,24);1H. The first-order chi connectivity index (χ1) is 12.7. The van der Waals surface area contributed by atoms with Gasteiger partial charge in [-0.25, -0.2) is 4.39 Å². The Balaban J connectivity index is 0.00000261. The number of nitrogens with zero attached hydrogens (tertiary/aromatic N) is 2. The molecule has 0 atom stereocenters. The third-order valence-electron chi connectivity index (χ3n) is 5.06. The second kappa shape index (κ2) is 11.8. The van der Waals surface area contributed by atoms with Crippen molar-refractivity contribution in [3.63, 3.8) is 0 Å². The summed E-state index contributed by atoms with van der Waals surface area (Å²) in [5.74, 6) is 1.50. The normalized spacial score (nSPS) is 18.8. The van der Waals surface area contributed by atoms with Crippen molar-refractivity contribution >= 4 is 29.9 Å². The molecule has 1 aromatic carbocycles. The summed E-state index contributed by atoms with van der Waals surface area (Å²) in [5.41, 5.74) is 1.17. The molecule has 0 bridgehead atoms. The fourth-order valence-electron chi connectivity index (χ4n) is 3.25. The second-order valence-corrected chi connectivity index (χ2v) is 7.34. The van der Waals surface area contributed by atoms with E-state index in [0.29, 0.717) is 6.04 Å². The van der Waals surface area contributed by atoms with Gasteiger partial charge in [-0.15, -0.1) is 24.0 Å². The number of hydrogen-bond acceptors (Lipinski definition) is 3. The van der Waals surface area contributed by atoms with Gasteiger partial charge in [0.05, 0.1) is 6.61 Å². The van der Waals surface area contributed by atoms with Crippen LogP contribution in [0.2, 0.25) is 0 Å². The summed E-state index contributed by atoms with van der Waals surface area (Å²) in [5, 5.41) is 6.85. The van der Waals surface area contributed by atoms with Crippen molar-refractivity contribution in [3.05, 3.63) is 35.6 Å². The third-order valence-corrected chi connectivity index (χ3v) is 5.06. The molecule has 152 valence electrons. The number of likely N-dealkylation sites (tertiary alicyclic amines) is 1. The van der Waals surface area contributed by atoms with Crippen molar-refractivity contribution in [1.82, 2.24) is 15.5 Å². The van der Waals surface area contributed by atoms with E-state index in [1.54, 1.807) is 0 Å². The van der Waals surface area contributed by atoms with Gasteiger partial charge in [0.25, 0.3) is 0 Å². The second-order valence-electron chi connectivity index (χ2n) is 7.34. The van der Waals surface area contributed by atoms with E-state index in [1.807, 2.05) is 19.2 Å². The number of nitrogens with one attached hydrogen (secondary N) is 2. The van der Waals surface area contributed by atoms with Gasteiger partial charge in [-0.2, -0.15) is 0 Å². The zero-order valence-electron chi connectivity index (χ0n) is 16.1. The molecular formula is C20H32FIN4O. The molecule has 7 heteroatoms. The largest absolute Gasteiger partial charge is 0.379 e. The molecule has 1 saturated carbocycles. The Bertz CT molecular complexity index is 572. The van der Waals surface area contributed by atoms with Gasteiger partial charge in [0.15, 0.2) is 5.96 Å². The Kier molecular flexibility index (Phi) is 9.78. The third kappa shape index (κ3) is 8.31. The van der Waals surface area contributed by atoms with Crippen LogP contribution in [0.25, 0.3) is 0 Å². The zero-order chi connectivity index (χ0) is 18.2. The lowest BCUT2D eigenvalue weighted by Crippen LogP contribution is -2.49. The molecule has 3 rings (SSSR count). The zero-order valence-corrected chi connectivity index (χ0v) is 18.5. The minimum atomic E-state index is -0.173. The maximum atomic E-state index is 13.0. The Hall–Kier alpha value is -0.930. The molecule has 27 heavy (non-hydrogen) atoms.